The molecule has 2 amide bonds. The van der Waals surface area contributed by atoms with Crippen LogP contribution in [-0.4, -0.2) is 42.5 Å². The number of rotatable bonds is 4. The summed E-state index contributed by atoms with van der Waals surface area (Å²) >= 11 is 0. The topological polar surface area (TPSA) is 49.4 Å². The second-order valence-electron chi connectivity index (χ2n) is 5.72. The van der Waals surface area contributed by atoms with Crippen LogP contribution in [0.4, 0.5) is 13.2 Å². The molecule has 0 saturated carbocycles. The fourth-order valence-electron chi connectivity index (χ4n) is 2.56. The summed E-state index contributed by atoms with van der Waals surface area (Å²) in [7, 11) is 0. The standard InChI is InChI=1S/C17H19F3N2O2/c18-17(19,20)16(24)22-10-8-14(9-11-22)12-21-15(23)7-6-13-4-2-1-3-5-13/h1-7,14H,8-12H2,(H,21,23). The van der Waals surface area contributed by atoms with Crippen molar-refractivity contribution in [3.63, 3.8) is 0 Å². The predicted molar refractivity (Wildman–Crippen MR) is 83.8 cm³/mol. The van der Waals surface area contributed by atoms with E-state index in [0.29, 0.717) is 19.4 Å². The van der Waals surface area contributed by atoms with Gasteiger partial charge < -0.3 is 10.2 Å². The van der Waals surface area contributed by atoms with Gasteiger partial charge in [0, 0.05) is 25.7 Å². The highest BCUT2D eigenvalue weighted by Gasteiger charge is 2.43. The van der Waals surface area contributed by atoms with Gasteiger partial charge in [0.25, 0.3) is 0 Å². The molecule has 0 aromatic heterocycles. The molecule has 1 aliphatic heterocycles. The van der Waals surface area contributed by atoms with Crippen molar-refractivity contribution in [1.29, 1.82) is 0 Å². The van der Waals surface area contributed by atoms with Crippen LogP contribution in [0.25, 0.3) is 6.08 Å². The maximum absolute atomic E-state index is 12.4. The first-order valence-electron chi connectivity index (χ1n) is 7.73. The van der Waals surface area contributed by atoms with E-state index in [4.69, 9.17) is 0 Å². The maximum atomic E-state index is 12.4. The Hall–Kier alpha value is -2.31. The Kier molecular flexibility index (Phi) is 6.00. The first kappa shape index (κ1) is 18.0. The zero-order valence-corrected chi connectivity index (χ0v) is 13.1. The molecule has 2 rings (SSSR count). The number of carbonyl (C=O) groups is 2. The summed E-state index contributed by atoms with van der Waals surface area (Å²) in [5.41, 5.74) is 0.909. The number of hydrogen-bond donors (Lipinski definition) is 1. The van der Waals surface area contributed by atoms with Crippen molar-refractivity contribution in [2.45, 2.75) is 19.0 Å². The van der Waals surface area contributed by atoms with Gasteiger partial charge in [-0.15, -0.1) is 0 Å². The van der Waals surface area contributed by atoms with Crippen LogP contribution in [0.1, 0.15) is 18.4 Å². The number of nitrogens with zero attached hydrogens (tertiary/aromatic N) is 1. The lowest BCUT2D eigenvalue weighted by molar-refractivity contribution is -0.186. The Morgan fingerprint density at radius 1 is 1.17 bits per heavy atom. The molecule has 1 fully saturated rings. The number of piperidine rings is 1. The minimum Gasteiger partial charge on any atom is -0.352 e. The second-order valence-corrected chi connectivity index (χ2v) is 5.72. The Morgan fingerprint density at radius 3 is 2.38 bits per heavy atom. The van der Waals surface area contributed by atoms with E-state index < -0.39 is 12.1 Å². The summed E-state index contributed by atoms with van der Waals surface area (Å²) in [6.07, 6.45) is -0.796. The van der Waals surface area contributed by atoms with Gasteiger partial charge in [0.15, 0.2) is 0 Å². The monoisotopic (exact) mass is 340 g/mol. The van der Waals surface area contributed by atoms with E-state index in [0.717, 1.165) is 10.5 Å². The van der Waals surface area contributed by atoms with Gasteiger partial charge >= 0.3 is 12.1 Å². The number of alkyl halides is 3. The van der Waals surface area contributed by atoms with Gasteiger partial charge in [-0.25, -0.2) is 0 Å². The molecule has 1 saturated heterocycles. The van der Waals surface area contributed by atoms with Crippen LogP contribution in [0.2, 0.25) is 0 Å². The molecule has 130 valence electrons. The number of carbonyl (C=O) groups excluding carboxylic acids is 2. The van der Waals surface area contributed by atoms with E-state index in [1.54, 1.807) is 6.08 Å². The Labute approximate surface area is 138 Å². The molecule has 1 aromatic carbocycles. The molecule has 7 heteroatoms. The average Bonchev–Trinajstić information content (AvgIpc) is 2.58. The number of halogens is 3. The lowest BCUT2D eigenvalue weighted by Crippen LogP contribution is -2.46. The summed E-state index contributed by atoms with van der Waals surface area (Å²) in [5.74, 6) is -1.94. The highest BCUT2D eigenvalue weighted by Crippen LogP contribution is 2.23. The van der Waals surface area contributed by atoms with Gasteiger partial charge in [-0.1, -0.05) is 30.3 Å². The molecule has 0 spiro atoms. The molecule has 0 atom stereocenters. The van der Waals surface area contributed by atoms with Crippen LogP contribution in [0.5, 0.6) is 0 Å². The fourth-order valence-corrected chi connectivity index (χ4v) is 2.56. The lowest BCUT2D eigenvalue weighted by Gasteiger charge is -2.32. The molecule has 24 heavy (non-hydrogen) atoms. The predicted octanol–water partition coefficient (Wildman–Crippen LogP) is 2.62. The normalized spacial score (nSPS) is 16.4. The molecule has 1 aromatic rings. The van der Waals surface area contributed by atoms with Crippen molar-refractivity contribution in [2.24, 2.45) is 5.92 Å². The third kappa shape index (κ3) is 5.40. The Balaban J connectivity index is 1.72. The van der Waals surface area contributed by atoms with Crippen LogP contribution in [0, 0.1) is 5.92 Å². The van der Waals surface area contributed by atoms with Crippen LogP contribution in [0.3, 0.4) is 0 Å². The second kappa shape index (κ2) is 7.99. The van der Waals surface area contributed by atoms with Crippen molar-refractivity contribution >= 4 is 17.9 Å². The highest BCUT2D eigenvalue weighted by atomic mass is 19.4. The van der Waals surface area contributed by atoms with Gasteiger partial charge in [-0.05, 0) is 30.4 Å². The summed E-state index contributed by atoms with van der Waals surface area (Å²) in [6.45, 7) is 0.531. The van der Waals surface area contributed by atoms with Crippen molar-refractivity contribution in [2.75, 3.05) is 19.6 Å². The highest BCUT2D eigenvalue weighted by molar-refractivity contribution is 5.91. The average molecular weight is 340 g/mol. The summed E-state index contributed by atoms with van der Waals surface area (Å²) in [4.78, 5) is 23.7. The first-order chi connectivity index (χ1) is 11.4. The van der Waals surface area contributed by atoms with E-state index in [1.165, 1.54) is 6.08 Å². The third-order valence-electron chi connectivity index (χ3n) is 3.94. The number of nitrogens with one attached hydrogen (secondary N) is 1. The Morgan fingerprint density at radius 2 is 1.79 bits per heavy atom. The van der Waals surface area contributed by atoms with Gasteiger partial charge in [-0.3, -0.25) is 9.59 Å². The van der Waals surface area contributed by atoms with Gasteiger partial charge in [0.05, 0.1) is 0 Å². The number of hydrogen-bond acceptors (Lipinski definition) is 2. The zero-order chi connectivity index (χ0) is 17.6. The quantitative estimate of drug-likeness (QED) is 0.857. The summed E-state index contributed by atoms with van der Waals surface area (Å²) < 4.78 is 37.1. The molecular formula is C17H19F3N2O2. The zero-order valence-electron chi connectivity index (χ0n) is 13.1. The van der Waals surface area contributed by atoms with Crippen molar-refractivity contribution in [3.05, 3.63) is 42.0 Å². The van der Waals surface area contributed by atoms with Crippen molar-refractivity contribution in [1.82, 2.24) is 10.2 Å². The molecule has 0 aliphatic carbocycles. The first-order valence-corrected chi connectivity index (χ1v) is 7.73. The number of amides is 2. The molecule has 0 radical (unpaired) electrons. The molecule has 0 unspecified atom stereocenters. The smallest absolute Gasteiger partial charge is 0.352 e. The summed E-state index contributed by atoms with van der Waals surface area (Å²) in [5, 5.41) is 2.75. The SMILES string of the molecule is O=C(C=Cc1ccccc1)NCC1CCN(C(=O)C(F)(F)F)CC1. The lowest BCUT2D eigenvalue weighted by atomic mass is 9.96. The van der Waals surface area contributed by atoms with Gasteiger partial charge in [0.1, 0.15) is 0 Å². The molecular weight excluding hydrogens is 321 g/mol. The van der Waals surface area contributed by atoms with Crippen LogP contribution in [0.15, 0.2) is 36.4 Å². The van der Waals surface area contributed by atoms with Crippen LogP contribution < -0.4 is 5.32 Å². The largest absolute Gasteiger partial charge is 0.471 e. The van der Waals surface area contributed by atoms with E-state index in [1.807, 2.05) is 30.3 Å². The van der Waals surface area contributed by atoms with Crippen LogP contribution in [-0.2, 0) is 9.59 Å². The van der Waals surface area contributed by atoms with Crippen molar-refractivity contribution in [3.8, 4) is 0 Å². The molecule has 1 aliphatic rings. The maximum Gasteiger partial charge on any atom is 0.471 e. The molecule has 1 heterocycles. The minimum absolute atomic E-state index is 0.0682. The van der Waals surface area contributed by atoms with Crippen molar-refractivity contribution < 1.29 is 22.8 Å². The van der Waals surface area contributed by atoms with Gasteiger partial charge in [0.2, 0.25) is 5.91 Å². The van der Waals surface area contributed by atoms with E-state index in [2.05, 4.69) is 5.32 Å². The van der Waals surface area contributed by atoms with Gasteiger partial charge in [-0.2, -0.15) is 13.2 Å². The molecule has 4 nitrogen and oxygen atoms in total. The molecule has 1 N–H and O–H groups in total. The van der Waals surface area contributed by atoms with E-state index in [9.17, 15) is 22.8 Å². The summed E-state index contributed by atoms with van der Waals surface area (Å²) in [6, 6.07) is 9.36. The third-order valence-corrected chi connectivity index (χ3v) is 3.94. The van der Waals surface area contributed by atoms with E-state index >= 15 is 0 Å². The van der Waals surface area contributed by atoms with E-state index in [-0.39, 0.29) is 24.9 Å². The minimum atomic E-state index is -4.82. The number of likely N-dealkylation sites (tertiary alicyclic amines) is 1. The number of benzene rings is 1. The Bertz CT molecular complexity index is 592. The fraction of sp³-hybridized carbons (Fsp3) is 0.412. The molecule has 0 bridgehead atoms. The van der Waals surface area contributed by atoms with Crippen LogP contribution >= 0.6 is 0 Å².